The summed E-state index contributed by atoms with van der Waals surface area (Å²) in [4.78, 5) is 22.4. The predicted molar refractivity (Wildman–Crippen MR) is 94.6 cm³/mol. The Hall–Kier alpha value is -1.75. The summed E-state index contributed by atoms with van der Waals surface area (Å²) >= 11 is 0. The van der Waals surface area contributed by atoms with Crippen LogP contribution in [0.2, 0.25) is 0 Å². The summed E-state index contributed by atoms with van der Waals surface area (Å²) in [7, 11) is 0. The number of piperidine rings is 1. The van der Waals surface area contributed by atoms with Crippen LogP contribution in [0.1, 0.15) is 50.0 Å². The zero-order valence-electron chi connectivity index (χ0n) is 14.7. The third kappa shape index (κ3) is 4.01. The van der Waals surface area contributed by atoms with E-state index in [1.807, 2.05) is 4.90 Å². The molecule has 0 spiro atoms. The topological polar surface area (TPSA) is 58.1 Å². The standard InChI is InChI=1S/C19H28N4O/c1-14-4-3-5-15(2)17(14)12-22-16-6-10-23(11-7-16)19(24)18-13-20-8-9-21-18/h4,8-9,13,15-17,22H,3,5-7,10-12H2,1-2H3. The van der Waals surface area contributed by atoms with Crippen molar-refractivity contribution < 1.29 is 4.79 Å². The van der Waals surface area contributed by atoms with Crippen LogP contribution in [-0.2, 0) is 0 Å². The number of allylic oxidation sites excluding steroid dienone is 1. The van der Waals surface area contributed by atoms with E-state index in [9.17, 15) is 4.79 Å². The molecule has 5 heteroatoms. The van der Waals surface area contributed by atoms with Gasteiger partial charge in [-0.2, -0.15) is 0 Å². The van der Waals surface area contributed by atoms with Crippen molar-refractivity contribution >= 4 is 5.91 Å². The minimum atomic E-state index is 0.00114. The van der Waals surface area contributed by atoms with Crippen LogP contribution in [0.4, 0.5) is 0 Å². The maximum absolute atomic E-state index is 12.4. The zero-order valence-corrected chi connectivity index (χ0v) is 14.7. The van der Waals surface area contributed by atoms with Crippen LogP contribution in [0.3, 0.4) is 0 Å². The predicted octanol–water partition coefficient (Wildman–Crippen LogP) is 2.66. The Morgan fingerprint density at radius 3 is 2.75 bits per heavy atom. The number of amides is 1. The van der Waals surface area contributed by atoms with E-state index in [0.717, 1.165) is 38.4 Å². The normalized spacial score (nSPS) is 25.4. The highest BCUT2D eigenvalue weighted by Gasteiger charge is 2.26. The van der Waals surface area contributed by atoms with Gasteiger partial charge < -0.3 is 10.2 Å². The highest BCUT2D eigenvalue weighted by atomic mass is 16.2. The molecule has 3 rings (SSSR count). The van der Waals surface area contributed by atoms with Gasteiger partial charge in [-0.05, 0) is 44.4 Å². The van der Waals surface area contributed by atoms with Crippen molar-refractivity contribution in [3.05, 3.63) is 35.9 Å². The summed E-state index contributed by atoms with van der Waals surface area (Å²) < 4.78 is 0. The maximum Gasteiger partial charge on any atom is 0.274 e. The van der Waals surface area contributed by atoms with Crippen molar-refractivity contribution in [2.45, 2.75) is 45.6 Å². The number of carbonyl (C=O) groups is 1. The molecule has 0 saturated carbocycles. The van der Waals surface area contributed by atoms with E-state index in [1.54, 1.807) is 18.6 Å². The molecule has 1 aromatic heterocycles. The van der Waals surface area contributed by atoms with E-state index in [1.165, 1.54) is 18.4 Å². The Morgan fingerprint density at radius 2 is 2.08 bits per heavy atom. The lowest BCUT2D eigenvalue weighted by atomic mass is 9.80. The fourth-order valence-electron chi connectivity index (χ4n) is 3.89. The molecular formula is C19H28N4O. The average Bonchev–Trinajstić information content (AvgIpc) is 2.62. The van der Waals surface area contributed by atoms with Crippen LogP contribution in [0.15, 0.2) is 30.2 Å². The van der Waals surface area contributed by atoms with E-state index in [2.05, 4.69) is 35.2 Å². The fraction of sp³-hybridized carbons (Fsp3) is 0.632. The summed E-state index contributed by atoms with van der Waals surface area (Å²) in [6.07, 6.45) is 11.7. The molecule has 1 fully saturated rings. The number of hydrogen-bond donors (Lipinski definition) is 1. The molecule has 5 nitrogen and oxygen atoms in total. The Kier molecular flexibility index (Phi) is 5.61. The summed E-state index contributed by atoms with van der Waals surface area (Å²) in [5.74, 6) is 1.43. The zero-order chi connectivity index (χ0) is 16.9. The summed E-state index contributed by atoms with van der Waals surface area (Å²) in [6.45, 7) is 7.28. The first-order valence-corrected chi connectivity index (χ1v) is 9.10. The highest BCUT2D eigenvalue weighted by molar-refractivity contribution is 5.92. The van der Waals surface area contributed by atoms with Gasteiger partial charge in [0.15, 0.2) is 0 Å². The van der Waals surface area contributed by atoms with Gasteiger partial charge in [0.05, 0.1) is 6.20 Å². The smallest absolute Gasteiger partial charge is 0.274 e. The van der Waals surface area contributed by atoms with Gasteiger partial charge in [0, 0.05) is 38.1 Å². The first-order chi connectivity index (χ1) is 11.6. The number of carbonyl (C=O) groups excluding carboxylic acids is 1. The fourth-order valence-corrected chi connectivity index (χ4v) is 3.89. The monoisotopic (exact) mass is 328 g/mol. The first kappa shape index (κ1) is 17.1. The molecule has 1 aromatic rings. The number of nitrogens with zero attached hydrogens (tertiary/aromatic N) is 3. The largest absolute Gasteiger partial charge is 0.337 e. The van der Waals surface area contributed by atoms with E-state index in [-0.39, 0.29) is 5.91 Å². The number of rotatable bonds is 4. The van der Waals surface area contributed by atoms with Gasteiger partial charge in [-0.15, -0.1) is 0 Å². The minimum Gasteiger partial charge on any atom is -0.337 e. The average molecular weight is 328 g/mol. The Bertz CT molecular complexity index is 578. The van der Waals surface area contributed by atoms with Crippen LogP contribution in [0, 0.1) is 11.8 Å². The first-order valence-electron chi connectivity index (χ1n) is 9.10. The lowest BCUT2D eigenvalue weighted by Gasteiger charge is -2.35. The number of likely N-dealkylation sites (tertiary alicyclic amines) is 1. The third-order valence-corrected chi connectivity index (χ3v) is 5.55. The molecule has 24 heavy (non-hydrogen) atoms. The Morgan fingerprint density at radius 1 is 1.29 bits per heavy atom. The number of hydrogen-bond acceptors (Lipinski definition) is 4. The molecule has 1 aliphatic heterocycles. The van der Waals surface area contributed by atoms with Gasteiger partial charge in [-0.1, -0.05) is 18.6 Å². The van der Waals surface area contributed by atoms with E-state index < -0.39 is 0 Å². The van der Waals surface area contributed by atoms with Gasteiger partial charge in [0.1, 0.15) is 5.69 Å². The van der Waals surface area contributed by atoms with Crippen molar-refractivity contribution in [3.63, 3.8) is 0 Å². The number of nitrogens with one attached hydrogen (secondary N) is 1. The van der Waals surface area contributed by atoms with E-state index in [0.29, 0.717) is 17.7 Å². The molecule has 2 atom stereocenters. The van der Waals surface area contributed by atoms with Crippen LogP contribution in [0.25, 0.3) is 0 Å². The molecule has 0 radical (unpaired) electrons. The molecule has 130 valence electrons. The van der Waals surface area contributed by atoms with E-state index in [4.69, 9.17) is 0 Å². The lowest BCUT2D eigenvalue weighted by Crippen LogP contribution is -2.46. The Labute approximate surface area is 144 Å². The van der Waals surface area contributed by atoms with Crippen LogP contribution >= 0.6 is 0 Å². The molecule has 2 aliphatic rings. The molecule has 1 N–H and O–H groups in total. The van der Waals surface area contributed by atoms with Crippen molar-refractivity contribution in [1.29, 1.82) is 0 Å². The van der Waals surface area contributed by atoms with Gasteiger partial charge >= 0.3 is 0 Å². The SMILES string of the molecule is CC1=CCCC(C)C1CNC1CCN(C(=O)c2cnccn2)CC1. The van der Waals surface area contributed by atoms with E-state index >= 15 is 0 Å². The van der Waals surface area contributed by atoms with Gasteiger partial charge in [-0.3, -0.25) is 9.78 Å². The second-order valence-electron chi connectivity index (χ2n) is 7.17. The summed E-state index contributed by atoms with van der Waals surface area (Å²) in [5.41, 5.74) is 1.98. The third-order valence-electron chi connectivity index (χ3n) is 5.55. The second-order valence-corrected chi connectivity index (χ2v) is 7.17. The van der Waals surface area contributed by atoms with Gasteiger partial charge in [0.25, 0.3) is 5.91 Å². The van der Waals surface area contributed by atoms with Crippen molar-refractivity contribution in [1.82, 2.24) is 20.2 Å². The molecule has 1 amide bonds. The summed E-state index contributed by atoms with van der Waals surface area (Å²) in [6, 6.07) is 0.512. The Balaban J connectivity index is 1.46. The van der Waals surface area contributed by atoms with Crippen LogP contribution in [-0.4, -0.2) is 46.5 Å². The minimum absolute atomic E-state index is 0.00114. The van der Waals surface area contributed by atoms with Crippen molar-refractivity contribution in [2.75, 3.05) is 19.6 Å². The van der Waals surface area contributed by atoms with Crippen LogP contribution in [0.5, 0.6) is 0 Å². The number of aromatic nitrogens is 2. The van der Waals surface area contributed by atoms with Gasteiger partial charge in [0.2, 0.25) is 0 Å². The molecule has 0 bridgehead atoms. The molecule has 2 unspecified atom stereocenters. The van der Waals surface area contributed by atoms with Crippen molar-refractivity contribution in [3.8, 4) is 0 Å². The summed E-state index contributed by atoms with van der Waals surface area (Å²) in [5, 5.41) is 3.74. The molecule has 0 aromatic carbocycles. The quantitative estimate of drug-likeness (QED) is 0.863. The van der Waals surface area contributed by atoms with Crippen molar-refractivity contribution in [2.24, 2.45) is 11.8 Å². The molecular weight excluding hydrogens is 300 g/mol. The van der Waals surface area contributed by atoms with Crippen LogP contribution < -0.4 is 5.32 Å². The lowest BCUT2D eigenvalue weighted by molar-refractivity contribution is 0.0697. The maximum atomic E-state index is 12.4. The molecule has 1 aliphatic carbocycles. The molecule has 1 saturated heterocycles. The molecule has 2 heterocycles. The second kappa shape index (κ2) is 7.88. The highest BCUT2D eigenvalue weighted by Crippen LogP contribution is 2.29. The van der Waals surface area contributed by atoms with Gasteiger partial charge in [-0.25, -0.2) is 4.98 Å².